The number of hydrogen-bond acceptors (Lipinski definition) is 4. The van der Waals surface area contributed by atoms with Crippen LogP contribution in [0, 0.1) is 0 Å². The minimum absolute atomic E-state index is 0. The number of anilines is 1. The maximum Gasteiger partial charge on any atom is 0.254 e. The maximum absolute atomic E-state index is 13.2. The number of halogens is 3. The predicted octanol–water partition coefficient (Wildman–Crippen LogP) is 2.55. The molecule has 2 rings (SSSR count). The molecule has 2 aromatic rings. The minimum Gasteiger partial charge on any atom is -0.396 e. The van der Waals surface area contributed by atoms with Gasteiger partial charge in [0.1, 0.15) is 6.04 Å². The predicted molar refractivity (Wildman–Crippen MR) is 127 cm³/mol. The monoisotopic (exact) mass is 486 g/mol. The summed E-state index contributed by atoms with van der Waals surface area (Å²) in [5, 5.41) is 0.515. The van der Waals surface area contributed by atoms with Gasteiger partial charge >= 0.3 is 0 Å². The van der Waals surface area contributed by atoms with Gasteiger partial charge in [-0.2, -0.15) is 0 Å². The molecule has 2 amide bonds. The molecule has 0 unspecified atom stereocenters. The fraction of sp³-hybridized carbons (Fsp3) is 0.250. The van der Waals surface area contributed by atoms with Crippen LogP contribution in [0.25, 0.3) is 0 Å². The molecule has 0 aliphatic heterocycles. The van der Waals surface area contributed by atoms with Crippen molar-refractivity contribution in [2.75, 3.05) is 12.3 Å². The third-order valence-electron chi connectivity index (χ3n) is 4.41. The Labute approximate surface area is 197 Å². The summed E-state index contributed by atoms with van der Waals surface area (Å²) >= 11 is 12.3. The van der Waals surface area contributed by atoms with Gasteiger partial charge in [-0.25, -0.2) is 0 Å². The van der Waals surface area contributed by atoms with E-state index in [1.54, 1.807) is 42.5 Å². The van der Waals surface area contributed by atoms with Gasteiger partial charge in [0.05, 0.1) is 15.7 Å². The van der Waals surface area contributed by atoms with E-state index in [1.807, 2.05) is 0 Å². The quantitative estimate of drug-likeness (QED) is 0.185. The average molecular weight is 488 g/mol. The van der Waals surface area contributed by atoms with Crippen LogP contribution in [0.15, 0.2) is 47.5 Å². The van der Waals surface area contributed by atoms with Gasteiger partial charge in [-0.3, -0.25) is 14.6 Å². The van der Waals surface area contributed by atoms with E-state index in [0.29, 0.717) is 24.1 Å². The number of carbonyl (C=O) groups is 2. The zero-order valence-electron chi connectivity index (χ0n) is 16.6. The van der Waals surface area contributed by atoms with Gasteiger partial charge in [0, 0.05) is 18.7 Å². The highest BCUT2D eigenvalue weighted by molar-refractivity contribution is 6.38. The number of nitrogens with two attached hydrogens (primary N) is 4. The van der Waals surface area contributed by atoms with E-state index in [2.05, 4.69) is 4.99 Å². The summed E-state index contributed by atoms with van der Waals surface area (Å²) in [6, 6.07) is 10.9. The summed E-state index contributed by atoms with van der Waals surface area (Å²) in [5.74, 6) is -1.05. The Balaban J connectivity index is 0.00000480. The van der Waals surface area contributed by atoms with Gasteiger partial charge in [-0.05, 0) is 42.7 Å². The molecule has 0 spiro atoms. The van der Waals surface area contributed by atoms with Crippen molar-refractivity contribution >= 4 is 59.1 Å². The number of nitrogens with zero attached hydrogens (tertiary/aromatic N) is 2. The SMILES string of the molecule is Cl.NC(=O)[C@@H](CCCN=C(N)N)N(Cc1cc(Cl)c(N)c(Cl)c1)C(=O)c1ccccc1. The molecule has 11 heteroatoms. The molecule has 168 valence electrons. The fourth-order valence-electron chi connectivity index (χ4n) is 2.94. The van der Waals surface area contributed by atoms with Crippen LogP contribution in [0.1, 0.15) is 28.8 Å². The van der Waals surface area contributed by atoms with Crippen LogP contribution in [-0.2, 0) is 11.3 Å². The summed E-state index contributed by atoms with van der Waals surface area (Å²) in [4.78, 5) is 30.8. The molecular weight excluding hydrogens is 463 g/mol. The average Bonchev–Trinajstić information content (AvgIpc) is 2.70. The number of hydrogen-bond donors (Lipinski definition) is 4. The van der Waals surface area contributed by atoms with Crippen molar-refractivity contribution in [1.29, 1.82) is 0 Å². The first-order chi connectivity index (χ1) is 14.2. The molecule has 0 fully saturated rings. The number of amides is 2. The number of benzene rings is 2. The third kappa shape index (κ3) is 7.50. The van der Waals surface area contributed by atoms with Crippen molar-refractivity contribution < 1.29 is 9.59 Å². The van der Waals surface area contributed by atoms with Crippen LogP contribution >= 0.6 is 35.6 Å². The minimum atomic E-state index is -0.887. The number of aliphatic imine (C=N–C) groups is 1. The first-order valence-corrected chi connectivity index (χ1v) is 9.90. The topological polar surface area (TPSA) is 154 Å². The molecule has 8 N–H and O–H groups in total. The van der Waals surface area contributed by atoms with Gasteiger partial charge in [0.25, 0.3) is 5.91 Å². The van der Waals surface area contributed by atoms with E-state index in [0.717, 1.165) is 0 Å². The number of guanidine groups is 1. The summed E-state index contributed by atoms with van der Waals surface area (Å²) in [6.07, 6.45) is 0.731. The van der Waals surface area contributed by atoms with E-state index in [-0.39, 0.29) is 53.0 Å². The summed E-state index contributed by atoms with van der Waals surface area (Å²) in [5.41, 5.74) is 23.4. The van der Waals surface area contributed by atoms with Gasteiger partial charge in [-0.15, -0.1) is 12.4 Å². The maximum atomic E-state index is 13.2. The Morgan fingerprint density at radius 3 is 2.13 bits per heavy atom. The highest BCUT2D eigenvalue weighted by Crippen LogP contribution is 2.30. The van der Waals surface area contributed by atoms with Crippen molar-refractivity contribution in [1.82, 2.24) is 4.90 Å². The largest absolute Gasteiger partial charge is 0.396 e. The number of rotatable bonds is 9. The normalized spacial score (nSPS) is 11.2. The van der Waals surface area contributed by atoms with Gasteiger partial charge in [0.15, 0.2) is 5.96 Å². The van der Waals surface area contributed by atoms with Gasteiger partial charge in [-0.1, -0.05) is 41.4 Å². The molecule has 0 radical (unpaired) electrons. The number of nitrogen functional groups attached to an aromatic ring is 1. The number of primary amides is 1. The van der Waals surface area contributed by atoms with E-state index in [4.69, 9.17) is 46.1 Å². The molecule has 0 saturated heterocycles. The molecule has 0 saturated carbocycles. The zero-order valence-corrected chi connectivity index (χ0v) is 19.0. The molecule has 31 heavy (non-hydrogen) atoms. The zero-order chi connectivity index (χ0) is 22.3. The second kappa shape index (κ2) is 12.2. The molecule has 0 bridgehead atoms. The van der Waals surface area contributed by atoms with Crippen molar-refractivity contribution in [2.45, 2.75) is 25.4 Å². The van der Waals surface area contributed by atoms with Crippen molar-refractivity contribution in [2.24, 2.45) is 22.2 Å². The second-order valence-corrected chi connectivity index (χ2v) is 7.45. The highest BCUT2D eigenvalue weighted by atomic mass is 35.5. The van der Waals surface area contributed by atoms with Crippen molar-refractivity contribution in [3.8, 4) is 0 Å². The van der Waals surface area contributed by atoms with E-state index >= 15 is 0 Å². The first-order valence-electron chi connectivity index (χ1n) is 9.14. The van der Waals surface area contributed by atoms with E-state index in [9.17, 15) is 9.59 Å². The lowest BCUT2D eigenvalue weighted by Crippen LogP contribution is -2.47. The van der Waals surface area contributed by atoms with Gasteiger partial charge in [0.2, 0.25) is 5.91 Å². The van der Waals surface area contributed by atoms with Crippen LogP contribution in [0.5, 0.6) is 0 Å². The fourth-order valence-corrected chi connectivity index (χ4v) is 3.47. The Morgan fingerprint density at radius 2 is 1.61 bits per heavy atom. The van der Waals surface area contributed by atoms with Crippen molar-refractivity contribution in [3.63, 3.8) is 0 Å². The van der Waals surface area contributed by atoms with Crippen LogP contribution < -0.4 is 22.9 Å². The standard InChI is InChI=1S/C20H24Cl2N6O2.ClH/c21-14-9-12(10-15(22)17(14)23)11-28(19(30)13-5-2-1-3-6-13)16(18(24)29)7-4-8-27-20(25)26;/h1-3,5-6,9-10,16H,4,7-8,11,23H2,(H2,24,29)(H4,25,26,27);1H/t16-;/m1./s1. The lowest BCUT2D eigenvalue weighted by molar-refractivity contribution is -0.122. The smallest absolute Gasteiger partial charge is 0.254 e. The lowest BCUT2D eigenvalue weighted by atomic mass is 10.0. The highest BCUT2D eigenvalue weighted by Gasteiger charge is 2.29. The van der Waals surface area contributed by atoms with Crippen LogP contribution in [0.2, 0.25) is 10.0 Å². The Hall–Kier alpha value is -2.68. The van der Waals surface area contributed by atoms with E-state index < -0.39 is 11.9 Å². The van der Waals surface area contributed by atoms with Crippen LogP contribution in [-0.4, -0.2) is 35.3 Å². The summed E-state index contributed by atoms with van der Waals surface area (Å²) < 4.78 is 0. The summed E-state index contributed by atoms with van der Waals surface area (Å²) in [7, 11) is 0. The third-order valence-corrected chi connectivity index (χ3v) is 5.03. The van der Waals surface area contributed by atoms with Crippen molar-refractivity contribution in [3.05, 3.63) is 63.6 Å². The Morgan fingerprint density at radius 1 is 1.03 bits per heavy atom. The molecule has 0 aliphatic rings. The molecule has 0 heterocycles. The molecule has 8 nitrogen and oxygen atoms in total. The Kier molecular flexibility index (Phi) is 10.4. The molecule has 2 aromatic carbocycles. The van der Waals surface area contributed by atoms with Crippen LogP contribution in [0.3, 0.4) is 0 Å². The van der Waals surface area contributed by atoms with Crippen LogP contribution in [0.4, 0.5) is 5.69 Å². The molecule has 0 aliphatic carbocycles. The number of carbonyl (C=O) groups excluding carboxylic acids is 2. The second-order valence-electron chi connectivity index (χ2n) is 6.64. The lowest BCUT2D eigenvalue weighted by Gasteiger charge is -2.30. The molecular formula is C20H25Cl3N6O2. The summed E-state index contributed by atoms with van der Waals surface area (Å²) in [6.45, 7) is 0.363. The Bertz CT molecular complexity index is 913. The molecule has 0 aromatic heterocycles. The van der Waals surface area contributed by atoms with Gasteiger partial charge < -0.3 is 27.8 Å². The van der Waals surface area contributed by atoms with E-state index in [1.165, 1.54) is 4.90 Å². The molecule has 1 atom stereocenters. The first kappa shape index (κ1) is 26.4.